The van der Waals surface area contributed by atoms with Crippen molar-refractivity contribution in [2.75, 3.05) is 0 Å². The summed E-state index contributed by atoms with van der Waals surface area (Å²) in [4.78, 5) is 22.2. The molecule has 0 radical (unpaired) electrons. The standard InChI is InChI=1S/2C3H4O2.2C2H5.Sn/c2*1-2-3(4)5;2*1-2;/h2*2H,1H2,(H,4,5);2*1H2,2H3;/q;;;;+2/p-2. The van der Waals surface area contributed by atoms with Gasteiger partial charge in [-0.2, -0.15) is 0 Å². The van der Waals surface area contributed by atoms with Gasteiger partial charge in [-0.05, 0) is 0 Å². The van der Waals surface area contributed by atoms with Crippen molar-refractivity contribution in [2.45, 2.75) is 22.7 Å². The van der Waals surface area contributed by atoms with Gasteiger partial charge < -0.3 is 0 Å². The fraction of sp³-hybridized carbons (Fsp3) is 0.400. The van der Waals surface area contributed by atoms with Crippen molar-refractivity contribution in [3.05, 3.63) is 25.3 Å². The van der Waals surface area contributed by atoms with Crippen LogP contribution in [0.5, 0.6) is 0 Å². The molecule has 15 heavy (non-hydrogen) atoms. The molecule has 0 rings (SSSR count). The van der Waals surface area contributed by atoms with Crippen molar-refractivity contribution in [1.29, 1.82) is 0 Å². The summed E-state index contributed by atoms with van der Waals surface area (Å²) in [5.74, 6) is -1.04. The Morgan fingerprint density at radius 2 is 1.40 bits per heavy atom. The number of hydrogen-bond acceptors (Lipinski definition) is 4. The molecule has 0 heterocycles. The Labute approximate surface area is 94.9 Å². The van der Waals surface area contributed by atoms with Crippen molar-refractivity contribution in [2.24, 2.45) is 0 Å². The molecule has 0 aromatic carbocycles. The zero-order chi connectivity index (χ0) is 11.9. The first-order valence-electron chi connectivity index (χ1n) is 4.74. The Balaban J connectivity index is 4.70. The molecule has 0 unspecified atom stereocenters. The van der Waals surface area contributed by atoms with Gasteiger partial charge in [-0.3, -0.25) is 0 Å². The third-order valence-corrected chi connectivity index (χ3v) is 11.4. The molecule has 84 valence electrons. The molecule has 0 aromatic rings. The van der Waals surface area contributed by atoms with E-state index in [1.165, 1.54) is 0 Å². The molecule has 0 aliphatic carbocycles. The summed E-state index contributed by atoms with van der Waals surface area (Å²) in [6.45, 7) is 10.3. The fourth-order valence-corrected chi connectivity index (χ4v) is 6.77. The monoisotopic (exact) mass is 320 g/mol. The molecule has 0 atom stereocenters. The van der Waals surface area contributed by atoms with Crippen LogP contribution in [0.3, 0.4) is 0 Å². The molecule has 5 heteroatoms. The van der Waals surface area contributed by atoms with E-state index < -0.39 is 31.1 Å². The second-order valence-corrected chi connectivity index (χ2v) is 13.3. The van der Waals surface area contributed by atoms with E-state index in [2.05, 4.69) is 13.2 Å². The van der Waals surface area contributed by atoms with Crippen molar-refractivity contribution >= 4 is 31.1 Å². The van der Waals surface area contributed by atoms with E-state index in [1.54, 1.807) is 0 Å². The predicted molar refractivity (Wildman–Crippen MR) is 59.3 cm³/mol. The average Bonchev–Trinajstić information content (AvgIpc) is 2.27. The molecule has 4 nitrogen and oxygen atoms in total. The van der Waals surface area contributed by atoms with Crippen LogP contribution in [0.4, 0.5) is 0 Å². The molecule has 0 saturated heterocycles. The van der Waals surface area contributed by atoms with Gasteiger partial charge >= 0.3 is 94.9 Å². The molecular formula is C10H16O4Sn. The van der Waals surface area contributed by atoms with Crippen LogP contribution in [0.25, 0.3) is 0 Å². The second kappa shape index (κ2) is 6.66. The molecule has 0 aromatic heterocycles. The molecule has 0 saturated carbocycles. The van der Waals surface area contributed by atoms with Gasteiger partial charge in [-0.15, -0.1) is 0 Å². The zero-order valence-electron chi connectivity index (χ0n) is 9.12. The van der Waals surface area contributed by atoms with E-state index >= 15 is 0 Å². The average molecular weight is 319 g/mol. The Hall–Kier alpha value is -0.781. The number of hydrogen-bond donors (Lipinski definition) is 0. The first-order chi connectivity index (χ1) is 7.03. The molecular weight excluding hydrogens is 303 g/mol. The fourth-order valence-electron chi connectivity index (χ4n) is 1.01. The van der Waals surface area contributed by atoms with Gasteiger partial charge in [0.1, 0.15) is 0 Å². The van der Waals surface area contributed by atoms with Gasteiger partial charge in [0.05, 0.1) is 0 Å². The van der Waals surface area contributed by atoms with E-state index in [1.807, 2.05) is 13.8 Å². The van der Waals surface area contributed by atoms with Gasteiger partial charge in [-0.1, -0.05) is 0 Å². The van der Waals surface area contributed by atoms with Crippen LogP contribution < -0.4 is 0 Å². The normalized spacial score (nSPS) is 10.3. The van der Waals surface area contributed by atoms with Crippen molar-refractivity contribution in [1.82, 2.24) is 0 Å². The minimum atomic E-state index is -3.54. The van der Waals surface area contributed by atoms with Crippen LogP contribution in [0, 0.1) is 0 Å². The van der Waals surface area contributed by atoms with E-state index in [9.17, 15) is 9.59 Å². The first kappa shape index (κ1) is 14.2. The Morgan fingerprint density at radius 3 is 1.60 bits per heavy atom. The Kier molecular flexibility index (Phi) is 6.31. The van der Waals surface area contributed by atoms with Gasteiger partial charge in [0, 0.05) is 0 Å². The van der Waals surface area contributed by atoms with E-state index in [0.29, 0.717) is 8.87 Å². The zero-order valence-corrected chi connectivity index (χ0v) is 12.0. The van der Waals surface area contributed by atoms with Crippen LogP contribution >= 0.6 is 0 Å². The summed E-state index contributed by atoms with van der Waals surface area (Å²) in [7, 11) is 0. The molecule has 0 aliphatic rings. The summed E-state index contributed by atoms with van der Waals surface area (Å²) in [5, 5.41) is 0. The maximum absolute atomic E-state index is 11.1. The van der Waals surface area contributed by atoms with Gasteiger partial charge in [-0.25, -0.2) is 0 Å². The quantitative estimate of drug-likeness (QED) is 0.554. The van der Waals surface area contributed by atoms with E-state index in [0.717, 1.165) is 12.2 Å². The summed E-state index contributed by atoms with van der Waals surface area (Å²) in [5.41, 5.74) is 0. The maximum atomic E-state index is 11.1. The third kappa shape index (κ3) is 4.50. The van der Waals surface area contributed by atoms with Crippen LogP contribution in [-0.4, -0.2) is 31.1 Å². The van der Waals surface area contributed by atoms with Gasteiger partial charge in [0.25, 0.3) is 0 Å². The number of carbonyl (C=O) groups excluding carboxylic acids is 2. The molecule has 0 aliphatic heterocycles. The van der Waals surface area contributed by atoms with E-state index in [4.69, 9.17) is 6.15 Å². The SMILES string of the molecule is C=CC(=O)[O][Sn]([CH2]C)([CH2]C)[O]C(=O)C=C. The van der Waals surface area contributed by atoms with Crippen LogP contribution in [0.1, 0.15) is 13.8 Å². The van der Waals surface area contributed by atoms with Crippen molar-refractivity contribution in [3.63, 3.8) is 0 Å². The molecule has 0 amide bonds. The summed E-state index contributed by atoms with van der Waals surface area (Å²) < 4.78 is 11.6. The number of carbonyl (C=O) groups is 2. The predicted octanol–water partition coefficient (Wildman–Crippen LogP) is 1.93. The van der Waals surface area contributed by atoms with Crippen LogP contribution in [-0.2, 0) is 15.7 Å². The Morgan fingerprint density at radius 1 is 1.07 bits per heavy atom. The van der Waals surface area contributed by atoms with Crippen molar-refractivity contribution in [3.8, 4) is 0 Å². The van der Waals surface area contributed by atoms with Crippen molar-refractivity contribution < 1.29 is 15.7 Å². The Bertz CT molecular complexity index is 245. The first-order valence-corrected chi connectivity index (χ1v) is 11.1. The number of rotatable bonds is 6. The van der Waals surface area contributed by atoms with Gasteiger partial charge in [0.15, 0.2) is 0 Å². The summed E-state index contributed by atoms with van der Waals surface area (Å²) in [6, 6.07) is 0. The third-order valence-electron chi connectivity index (χ3n) is 1.98. The molecule has 0 bridgehead atoms. The summed E-state index contributed by atoms with van der Waals surface area (Å²) >= 11 is -3.54. The molecule has 0 N–H and O–H groups in total. The minimum absolute atomic E-state index is 0.522. The topological polar surface area (TPSA) is 52.6 Å². The second-order valence-electron chi connectivity index (χ2n) is 2.87. The van der Waals surface area contributed by atoms with Crippen LogP contribution in [0.15, 0.2) is 25.3 Å². The molecule has 0 spiro atoms. The van der Waals surface area contributed by atoms with Crippen LogP contribution in [0.2, 0.25) is 8.87 Å². The molecule has 0 fully saturated rings. The summed E-state index contributed by atoms with van der Waals surface area (Å²) in [6.07, 6.45) is 2.16. The van der Waals surface area contributed by atoms with Gasteiger partial charge in [0.2, 0.25) is 0 Å². The van der Waals surface area contributed by atoms with E-state index in [-0.39, 0.29) is 0 Å².